The number of carbonyl (C=O) groups excluding carboxylic acids is 1. The predicted molar refractivity (Wildman–Crippen MR) is 90.1 cm³/mol. The lowest BCUT2D eigenvalue weighted by Gasteiger charge is -2.09. The van der Waals surface area contributed by atoms with Gasteiger partial charge in [-0.15, -0.1) is 0 Å². The third kappa shape index (κ3) is 4.64. The van der Waals surface area contributed by atoms with Gasteiger partial charge < -0.3 is 14.8 Å². The first-order chi connectivity index (χ1) is 11.0. The Balaban J connectivity index is 1.86. The number of nitrogens with one attached hydrogen (secondary N) is 1. The summed E-state index contributed by atoms with van der Waals surface area (Å²) in [5, 5.41) is 2.95. The van der Waals surface area contributed by atoms with Gasteiger partial charge >= 0.3 is 0 Å². The number of nitrogens with zero attached hydrogens (tertiary/aromatic N) is 1. The molecule has 2 rings (SSSR count). The molecule has 0 radical (unpaired) electrons. The second-order valence-corrected chi connectivity index (χ2v) is 5.53. The smallest absolute Gasteiger partial charge is 0.271 e. The van der Waals surface area contributed by atoms with Crippen LogP contribution in [0.5, 0.6) is 11.5 Å². The molecule has 0 atom stereocenters. The van der Waals surface area contributed by atoms with Crippen molar-refractivity contribution in [2.75, 3.05) is 20.3 Å². The summed E-state index contributed by atoms with van der Waals surface area (Å²) in [6, 6.07) is 7.17. The van der Waals surface area contributed by atoms with Gasteiger partial charge in [-0.3, -0.25) is 4.79 Å². The fraction of sp³-hybridized carbons (Fsp3) is 0.200. The first-order valence-electron chi connectivity index (χ1n) is 6.57. The fourth-order valence-electron chi connectivity index (χ4n) is 1.71. The van der Waals surface area contributed by atoms with Crippen LogP contribution in [0.4, 0.5) is 0 Å². The van der Waals surface area contributed by atoms with Crippen molar-refractivity contribution in [3.8, 4) is 11.5 Å². The van der Waals surface area contributed by atoms with Crippen LogP contribution in [0.15, 0.2) is 30.5 Å². The van der Waals surface area contributed by atoms with Crippen molar-refractivity contribution >= 4 is 40.7 Å². The first kappa shape index (κ1) is 17.7. The molecule has 2 aromatic rings. The number of ether oxygens (including phenoxy) is 2. The van der Waals surface area contributed by atoms with Gasteiger partial charge in [-0.1, -0.05) is 40.9 Å². The van der Waals surface area contributed by atoms with Crippen molar-refractivity contribution in [1.29, 1.82) is 0 Å². The molecular weight excluding hydrogens is 363 g/mol. The number of methoxy groups -OCH3 is 1. The number of pyridine rings is 1. The van der Waals surface area contributed by atoms with Crippen LogP contribution in [0.25, 0.3) is 0 Å². The van der Waals surface area contributed by atoms with E-state index in [1.165, 1.54) is 6.20 Å². The van der Waals surface area contributed by atoms with Crippen molar-refractivity contribution in [3.63, 3.8) is 0 Å². The molecule has 0 unspecified atom stereocenters. The summed E-state index contributed by atoms with van der Waals surface area (Å²) >= 11 is 17.6. The SMILES string of the molecule is COc1cccc(OCCNC(=O)c2ncc(Cl)c(Cl)c2Cl)c1. The van der Waals surface area contributed by atoms with Gasteiger partial charge in [-0.2, -0.15) is 0 Å². The molecular formula is C15H13Cl3N2O3. The normalized spacial score (nSPS) is 10.3. The van der Waals surface area contributed by atoms with Crippen LogP contribution in [0.3, 0.4) is 0 Å². The van der Waals surface area contributed by atoms with E-state index in [1.54, 1.807) is 19.2 Å². The number of hydrogen-bond donors (Lipinski definition) is 1. The Kier molecular flexibility index (Phi) is 6.33. The van der Waals surface area contributed by atoms with Crippen LogP contribution >= 0.6 is 34.8 Å². The van der Waals surface area contributed by atoms with E-state index in [-0.39, 0.29) is 33.9 Å². The van der Waals surface area contributed by atoms with Gasteiger partial charge in [-0.05, 0) is 12.1 Å². The molecule has 0 aliphatic heterocycles. The van der Waals surface area contributed by atoms with Crippen LogP contribution < -0.4 is 14.8 Å². The summed E-state index contributed by atoms with van der Waals surface area (Å²) in [4.78, 5) is 15.9. The summed E-state index contributed by atoms with van der Waals surface area (Å²) in [5.41, 5.74) is 0.0162. The van der Waals surface area contributed by atoms with Crippen molar-refractivity contribution in [2.24, 2.45) is 0 Å². The van der Waals surface area contributed by atoms with E-state index in [2.05, 4.69) is 10.3 Å². The lowest BCUT2D eigenvalue weighted by Crippen LogP contribution is -2.29. The molecule has 1 aromatic carbocycles. The fourth-order valence-corrected chi connectivity index (χ4v) is 2.28. The van der Waals surface area contributed by atoms with E-state index in [0.717, 1.165) is 0 Å². The molecule has 0 spiro atoms. The predicted octanol–water partition coefficient (Wildman–Crippen LogP) is 3.86. The average Bonchev–Trinajstić information content (AvgIpc) is 2.56. The second kappa shape index (κ2) is 8.24. The van der Waals surface area contributed by atoms with Crippen molar-refractivity contribution in [1.82, 2.24) is 10.3 Å². The molecule has 1 N–H and O–H groups in total. The average molecular weight is 376 g/mol. The third-order valence-corrected chi connectivity index (χ3v) is 4.07. The van der Waals surface area contributed by atoms with Crippen LogP contribution in [0.1, 0.15) is 10.5 Å². The third-order valence-electron chi connectivity index (χ3n) is 2.83. The standard InChI is InChI=1S/C15H13Cl3N2O3/c1-22-9-3-2-4-10(7-9)23-6-5-19-15(21)14-13(18)12(17)11(16)8-20-14/h2-4,7-8H,5-6H2,1H3,(H,19,21). The molecule has 23 heavy (non-hydrogen) atoms. The van der Waals surface area contributed by atoms with Crippen LogP contribution in [-0.2, 0) is 0 Å². The summed E-state index contributed by atoms with van der Waals surface area (Å²) in [7, 11) is 1.58. The van der Waals surface area contributed by atoms with E-state index in [9.17, 15) is 4.79 Å². The zero-order valence-corrected chi connectivity index (χ0v) is 14.4. The number of aromatic nitrogens is 1. The number of amides is 1. The van der Waals surface area contributed by atoms with Crippen LogP contribution in [-0.4, -0.2) is 31.2 Å². The molecule has 0 bridgehead atoms. The van der Waals surface area contributed by atoms with Crippen molar-refractivity contribution in [2.45, 2.75) is 0 Å². The Hall–Kier alpha value is -1.69. The van der Waals surface area contributed by atoms with Crippen LogP contribution in [0, 0.1) is 0 Å². The maximum Gasteiger partial charge on any atom is 0.271 e. The highest BCUT2D eigenvalue weighted by Crippen LogP contribution is 2.30. The van der Waals surface area contributed by atoms with Gasteiger partial charge in [-0.25, -0.2) is 4.98 Å². The molecule has 1 heterocycles. The number of benzene rings is 1. The first-order valence-corrected chi connectivity index (χ1v) is 7.71. The second-order valence-electron chi connectivity index (χ2n) is 4.37. The highest BCUT2D eigenvalue weighted by Gasteiger charge is 2.16. The maximum atomic E-state index is 12.0. The van der Waals surface area contributed by atoms with E-state index < -0.39 is 5.91 Å². The molecule has 1 amide bonds. The number of halogens is 3. The molecule has 1 aromatic heterocycles. The molecule has 0 fully saturated rings. The van der Waals surface area contributed by atoms with E-state index in [0.29, 0.717) is 11.5 Å². The molecule has 0 saturated heterocycles. The number of carbonyl (C=O) groups is 1. The topological polar surface area (TPSA) is 60.5 Å². The molecule has 5 nitrogen and oxygen atoms in total. The number of hydrogen-bond acceptors (Lipinski definition) is 4. The summed E-state index contributed by atoms with van der Waals surface area (Å²) in [6.45, 7) is 0.548. The molecule has 122 valence electrons. The largest absolute Gasteiger partial charge is 0.497 e. The van der Waals surface area contributed by atoms with Crippen molar-refractivity contribution in [3.05, 3.63) is 51.2 Å². The van der Waals surface area contributed by atoms with Crippen molar-refractivity contribution < 1.29 is 14.3 Å². The Morgan fingerprint density at radius 2 is 1.96 bits per heavy atom. The minimum atomic E-state index is -0.456. The van der Waals surface area contributed by atoms with Gasteiger partial charge in [0.05, 0.1) is 28.7 Å². The maximum absolute atomic E-state index is 12.0. The van der Waals surface area contributed by atoms with Gasteiger partial charge in [0.1, 0.15) is 23.8 Å². The minimum Gasteiger partial charge on any atom is -0.497 e. The highest BCUT2D eigenvalue weighted by atomic mass is 35.5. The molecule has 0 aliphatic carbocycles. The monoisotopic (exact) mass is 374 g/mol. The zero-order valence-electron chi connectivity index (χ0n) is 12.1. The number of rotatable bonds is 6. The van der Waals surface area contributed by atoms with E-state index >= 15 is 0 Å². The summed E-state index contributed by atoms with van der Waals surface area (Å²) < 4.78 is 10.6. The Labute approximate surface area is 148 Å². The highest BCUT2D eigenvalue weighted by molar-refractivity contribution is 6.48. The van der Waals surface area contributed by atoms with Gasteiger partial charge in [0.15, 0.2) is 0 Å². The lowest BCUT2D eigenvalue weighted by atomic mass is 10.3. The van der Waals surface area contributed by atoms with E-state index in [1.807, 2.05) is 12.1 Å². The van der Waals surface area contributed by atoms with Crippen LogP contribution in [0.2, 0.25) is 15.1 Å². The molecule has 0 saturated carbocycles. The Morgan fingerprint density at radius 1 is 1.22 bits per heavy atom. The minimum absolute atomic E-state index is 0.0162. The van der Waals surface area contributed by atoms with Gasteiger partial charge in [0.25, 0.3) is 5.91 Å². The Morgan fingerprint density at radius 3 is 2.70 bits per heavy atom. The quantitative estimate of drug-likeness (QED) is 0.779. The molecule has 8 heteroatoms. The summed E-state index contributed by atoms with van der Waals surface area (Å²) in [6.07, 6.45) is 1.28. The summed E-state index contributed by atoms with van der Waals surface area (Å²) in [5.74, 6) is 0.880. The lowest BCUT2D eigenvalue weighted by molar-refractivity contribution is 0.0942. The van der Waals surface area contributed by atoms with E-state index in [4.69, 9.17) is 44.3 Å². The van der Waals surface area contributed by atoms with Gasteiger partial charge in [0.2, 0.25) is 0 Å². The Bertz CT molecular complexity index is 710. The van der Waals surface area contributed by atoms with Gasteiger partial charge in [0, 0.05) is 12.3 Å². The zero-order chi connectivity index (χ0) is 16.8. The molecule has 0 aliphatic rings.